The number of hydrogen-bond acceptors (Lipinski definition) is 3. The molecule has 0 fully saturated rings. The van der Waals surface area contributed by atoms with Crippen LogP contribution in [-0.4, -0.2) is 34.7 Å². The number of aryl methyl sites for hydroxylation is 2. The Morgan fingerprint density at radius 1 is 1.36 bits per heavy atom. The summed E-state index contributed by atoms with van der Waals surface area (Å²) in [7, 11) is 3.38. The SMILES string of the molecule is CCn1nc(C)c(Cl)c1C(=O)N(C)Cc1ccc(OC)cc1. The third-order valence-electron chi connectivity index (χ3n) is 3.48. The van der Waals surface area contributed by atoms with Gasteiger partial charge < -0.3 is 9.64 Å². The lowest BCUT2D eigenvalue weighted by Gasteiger charge is -2.18. The molecule has 0 saturated carbocycles. The molecule has 2 aromatic rings. The average molecular weight is 322 g/mol. The molecule has 1 heterocycles. The van der Waals surface area contributed by atoms with Gasteiger partial charge in [0.1, 0.15) is 11.4 Å². The molecule has 118 valence electrons. The lowest BCUT2D eigenvalue weighted by Crippen LogP contribution is -2.28. The zero-order valence-corrected chi connectivity index (χ0v) is 14.0. The van der Waals surface area contributed by atoms with Crippen molar-refractivity contribution in [2.75, 3.05) is 14.2 Å². The molecule has 1 aromatic heterocycles. The summed E-state index contributed by atoms with van der Waals surface area (Å²) in [6, 6.07) is 7.63. The molecule has 0 atom stereocenters. The van der Waals surface area contributed by atoms with Crippen LogP contribution in [0.2, 0.25) is 5.02 Å². The second-order valence-electron chi connectivity index (χ2n) is 5.07. The van der Waals surface area contributed by atoms with Gasteiger partial charge in [0.15, 0.2) is 0 Å². The quantitative estimate of drug-likeness (QED) is 0.850. The van der Waals surface area contributed by atoms with Crippen molar-refractivity contribution in [3.63, 3.8) is 0 Å². The Hall–Kier alpha value is -2.01. The van der Waals surface area contributed by atoms with Crippen LogP contribution in [0.15, 0.2) is 24.3 Å². The molecule has 0 aliphatic carbocycles. The highest BCUT2D eigenvalue weighted by molar-refractivity contribution is 6.34. The second kappa shape index (κ2) is 6.83. The van der Waals surface area contributed by atoms with Gasteiger partial charge in [-0.15, -0.1) is 0 Å². The molecule has 5 nitrogen and oxygen atoms in total. The van der Waals surface area contributed by atoms with Crippen molar-refractivity contribution >= 4 is 17.5 Å². The van der Waals surface area contributed by atoms with E-state index in [0.29, 0.717) is 29.5 Å². The molecule has 0 aliphatic rings. The number of methoxy groups -OCH3 is 1. The zero-order chi connectivity index (χ0) is 16.3. The van der Waals surface area contributed by atoms with Gasteiger partial charge in [0.2, 0.25) is 0 Å². The van der Waals surface area contributed by atoms with Crippen LogP contribution in [0.3, 0.4) is 0 Å². The van der Waals surface area contributed by atoms with E-state index in [1.807, 2.05) is 31.2 Å². The minimum atomic E-state index is -0.136. The highest BCUT2D eigenvalue weighted by Crippen LogP contribution is 2.22. The molecule has 6 heteroatoms. The molecule has 2 rings (SSSR count). The predicted octanol–water partition coefficient (Wildman–Crippen LogP) is 3.15. The number of aromatic nitrogens is 2. The Kier molecular flexibility index (Phi) is 5.08. The minimum absolute atomic E-state index is 0.136. The number of benzene rings is 1. The molecule has 0 N–H and O–H groups in total. The maximum absolute atomic E-state index is 12.6. The lowest BCUT2D eigenvalue weighted by molar-refractivity contribution is 0.0773. The van der Waals surface area contributed by atoms with E-state index < -0.39 is 0 Å². The number of nitrogens with zero attached hydrogens (tertiary/aromatic N) is 3. The summed E-state index contributed by atoms with van der Waals surface area (Å²) in [5.41, 5.74) is 2.13. The van der Waals surface area contributed by atoms with Crippen LogP contribution < -0.4 is 4.74 Å². The molecule has 0 spiro atoms. The van der Waals surface area contributed by atoms with E-state index in [1.165, 1.54) is 0 Å². The Bertz CT molecular complexity index is 665. The van der Waals surface area contributed by atoms with Crippen LogP contribution in [0.5, 0.6) is 5.75 Å². The van der Waals surface area contributed by atoms with Gasteiger partial charge in [0.25, 0.3) is 5.91 Å². The number of ether oxygens (including phenoxy) is 1. The number of carbonyl (C=O) groups is 1. The minimum Gasteiger partial charge on any atom is -0.497 e. The number of amides is 1. The predicted molar refractivity (Wildman–Crippen MR) is 86.4 cm³/mol. The molecule has 0 radical (unpaired) electrons. The Labute approximate surface area is 135 Å². The molecule has 0 unspecified atom stereocenters. The fraction of sp³-hybridized carbons (Fsp3) is 0.375. The molecule has 0 saturated heterocycles. The van der Waals surface area contributed by atoms with Crippen LogP contribution >= 0.6 is 11.6 Å². The van der Waals surface area contributed by atoms with E-state index in [4.69, 9.17) is 16.3 Å². The smallest absolute Gasteiger partial charge is 0.273 e. The van der Waals surface area contributed by atoms with Gasteiger partial charge in [-0.05, 0) is 31.5 Å². The van der Waals surface area contributed by atoms with Crippen molar-refractivity contribution in [3.8, 4) is 5.75 Å². The monoisotopic (exact) mass is 321 g/mol. The second-order valence-corrected chi connectivity index (χ2v) is 5.45. The standard InChI is InChI=1S/C16H20ClN3O2/c1-5-20-15(14(17)11(2)18-20)16(21)19(3)10-12-6-8-13(22-4)9-7-12/h6-9H,5,10H2,1-4H3. The van der Waals surface area contributed by atoms with E-state index >= 15 is 0 Å². The zero-order valence-electron chi connectivity index (χ0n) is 13.3. The molecule has 1 amide bonds. The lowest BCUT2D eigenvalue weighted by atomic mass is 10.2. The van der Waals surface area contributed by atoms with E-state index in [9.17, 15) is 4.79 Å². The van der Waals surface area contributed by atoms with E-state index in [0.717, 1.165) is 11.3 Å². The molecular weight excluding hydrogens is 302 g/mol. The fourth-order valence-corrected chi connectivity index (χ4v) is 2.47. The van der Waals surface area contributed by atoms with Gasteiger partial charge in [0, 0.05) is 20.1 Å². The van der Waals surface area contributed by atoms with Crippen molar-refractivity contribution in [1.29, 1.82) is 0 Å². The van der Waals surface area contributed by atoms with Crippen LogP contribution in [-0.2, 0) is 13.1 Å². The largest absolute Gasteiger partial charge is 0.497 e. The summed E-state index contributed by atoms with van der Waals surface area (Å²) >= 11 is 6.23. The maximum atomic E-state index is 12.6. The van der Waals surface area contributed by atoms with Gasteiger partial charge in [-0.25, -0.2) is 0 Å². The van der Waals surface area contributed by atoms with E-state index in [-0.39, 0.29) is 5.91 Å². The van der Waals surface area contributed by atoms with E-state index in [1.54, 1.807) is 30.7 Å². The van der Waals surface area contributed by atoms with Gasteiger partial charge in [0.05, 0.1) is 17.8 Å². The third-order valence-corrected chi connectivity index (χ3v) is 3.93. The van der Waals surface area contributed by atoms with Crippen molar-refractivity contribution < 1.29 is 9.53 Å². The van der Waals surface area contributed by atoms with Crippen molar-refractivity contribution in [3.05, 3.63) is 46.2 Å². The fourth-order valence-electron chi connectivity index (χ4n) is 2.25. The van der Waals surface area contributed by atoms with Gasteiger partial charge in [-0.3, -0.25) is 9.48 Å². The van der Waals surface area contributed by atoms with Crippen LogP contribution in [0.25, 0.3) is 0 Å². The Morgan fingerprint density at radius 3 is 2.55 bits per heavy atom. The summed E-state index contributed by atoms with van der Waals surface area (Å²) in [6.07, 6.45) is 0. The highest BCUT2D eigenvalue weighted by atomic mass is 35.5. The summed E-state index contributed by atoms with van der Waals surface area (Å²) in [5.74, 6) is 0.656. The first-order valence-electron chi connectivity index (χ1n) is 7.09. The van der Waals surface area contributed by atoms with Crippen LogP contribution in [0.4, 0.5) is 0 Å². The highest BCUT2D eigenvalue weighted by Gasteiger charge is 2.22. The third kappa shape index (κ3) is 3.25. The summed E-state index contributed by atoms with van der Waals surface area (Å²) < 4.78 is 6.77. The first kappa shape index (κ1) is 16.4. The average Bonchev–Trinajstić information content (AvgIpc) is 2.82. The summed E-state index contributed by atoms with van der Waals surface area (Å²) in [4.78, 5) is 14.3. The molecule has 22 heavy (non-hydrogen) atoms. The Morgan fingerprint density at radius 2 is 2.00 bits per heavy atom. The maximum Gasteiger partial charge on any atom is 0.273 e. The molecule has 1 aromatic carbocycles. The van der Waals surface area contributed by atoms with E-state index in [2.05, 4.69) is 5.10 Å². The van der Waals surface area contributed by atoms with Crippen molar-refractivity contribution in [2.24, 2.45) is 0 Å². The topological polar surface area (TPSA) is 47.4 Å². The molecule has 0 aliphatic heterocycles. The number of hydrogen-bond donors (Lipinski definition) is 0. The molecule has 0 bridgehead atoms. The number of carbonyl (C=O) groups excluding carboxylic acids is 1. The van der Waals surface area contributed by atoms with Gasteiger partial charge in [-0.1, -0.05) is 23.7 Å². The van der Waals surface area contributed by atoms with Crippen LogP contribution in [0.1, 0.15) is 28.7 Å². The molecular formula is C16H20ClN3O2. The first-order valence-corrected chi connectivity index (χ1v) is 7.47. The van der Waals surface area contributed by atoms with Crippen molar-refractivity contribution in [1.82, 2.24) is 14.7 Å². The summed E-state index contributed by atoms with van der Waals surface area (Å²) in [5, 5.41) is 4.71. The number of halogens is 1. The van der Waals surface area contributed by atoms with Gasteiger partial charge >= 0.3 is 0 Å². The van der Waals surface area contributed by atoms with Gasteiger partial charge in [-0.2, -0.15) is 5.10 Å². The van der Waals surface area contributed by atoms with Crippen molar-refractivity contribution in [2.45, 2.75) is 26.9 Å². The first-order chi connectivity index (χ1) is 10.5. The normalized spacial score (nSPS) is 10.6. The Balaban J connectivity index is 2.18. The summed E-state index contributed by atoms with van der Waals surface area (Å²) in [6.45, 7) is 4.83. The van der Waals surface area contributed by atoms with Crippen LogP contribution in [0, 0.1) is 6.92 Å². The number of rotatable bonds is 5.